The highest BCUT2D eigenvalue weighted by molar-refractivity contribution is 5.80. The second-order valence-corrected chi connectivity index (χ2v) is 4.43. The van der Waals surface area contributed by atoms with E-state index >= 15 is 0 Å². The van der Waals surface area contributed by atoms with E-state index in [1.165, 1.54) is 19.1 Å². The Kier molecular flexibility index (Phi) is 3.83. The number of H-pyrrole nitrogens is 2. The number of hydrogen-bond donors (Lipinski definition) is 3. The molecule has 1 aromatic carbocycles. The molecule has 0 spiro atoms. The van der Waals surface area contributed by atoms with Crippen LogP contribution in [0.3, 0.4) is 0 Å². The fourth-order valence-electron chi connectivity index (χ4n) is 1.96. The van der Waals surface area contributed by atoms with E-state index in [0.717, 1.165) is 0 Å². The highest BCUT2D eigenvalue weighted by Gasteiger charge is 2.13. The number of rotatable bonds is 4. The Hall–Kier alpha value is -2.97. The normalized spacial score (nSPS) is 10.5. The van der Waals surface area contributed by atoms with Crippen LogP contribution in [0.1, 0.15) is 12.5 Å². The highest BCUT2D eigenvalue weighted by Crippen LogP contribution is 2.21. The molecule has 1 amide bonds. The topological polar surface area (TPSA) is 138 Å². The molecule has 9 nitrogen and oxygen atoms in total. The van der Waals surface area contributed by atoms with Crippen molar-refractivity contribution in [3.8, 4) is 0 Å². The molecule has 0 unspecified atom stereocenters. The van der Waals surface area contributed by atoms with Gasteiger partial charge in [-0.1, -0.05) is 0 Å². The van der Waals surface area contributed by atoms with Gasteiger partial charge in [-0.3, -0.25) is 24.5 Å². The van der Waals surface area contributed by atoms with E-state index < -0.39 is 16.0 Å². The summed E-state index contributed by atoms with van der Waals surface area (Å²) in [5.41, 5.74) is -0.973. The minimum atomic E-state index is -0.879. The monoisotopic (exact) mass is 292 g/mol. The number of benzene rings is 1. The zero-order valence-corrected chi connectivity index (χ0v) is 11.1. The average molecular weight is 292 g/mol. The Morgan fingerprint density at radius 1 is 1.29 bits per heavy atom. The van der Waals surface area contributed by atoms with E-state index in [9.17, 15) is 24.5 Å². The smallest absolute Gasteiger partial charge is 0.314 e. The van der Waals surface area contributed by atoms with Crippen LogP contribution in [-0.4, -0.2) is 27.3 Å². The van der Waals surface area contributed by atoms with E-state index in [2.05, 4.69) is 15.3 Å². The second-order valence-electron chi connectivity index (χ2n) is 4.43. The lowest BCUT2D eigenvalue weighted by molar-refractivity contribution is -0.384. The van der Waals surface area contributed by atoms with E-state index in [0.29, 0.717) is 11.1 Å². The lowest BCUT2D eigenvalue weighted by atomic mass is 10.1. The van der Waals surface area contributed by atoms with Gasteiger partial charge in [0.15, 0.2) is 0 Å². The van der Waals surface area contributed by atoms with E-state index in [1.54, 1.807) is 0 Å². The maximum absolute atomic E-state index is 11.4. The molecule has 0 bridgehead atoms. The van der Waals surface area contributed by atoms with Crippen LogP contribution in [0.2, 0.25) is 0 Å². The number of nitrogens with zero attached hydrogens (tertiary/aromatic N) is 1. The zero-order valence-electron chi connectivity index (χ0n) is 11.1. The molecular formula is C12H12N4O5. The summed E-state index contributed by atoms with van der Waals surface area (Å²) < 4.78 is 0. The molecule has 0 aliphatic carbocycles. The number of aromatic nitrogens is 2. The van der Waals surface area contributed by atoms with E-state index in [4.69, 9.17) is 0 Å². The first-order valence-electron chi connectivity index (χ1n) is 6.06. The molecule has 9 heteroatoms. The number of amides is 1. The molecule has 1 heterocycles. The summed E-state index contributed by atoms with van der Waals surface area (Å²) in [7, 11) is 0. The van der Waals surface area contributed by atoms with Gasteiger partial charge in [0.1, 0.15) is 0 Å². The number of nitrogens with one attached hydrogen (secondary N) is 3. The van der Waals surface area contributed by atoms with Gasteiger partial charge in [-0.05, 0) is 12.0 Å². The van der Waals surface area contributed by atoms with Crippen LogP contribution in [0.25, 0.3) is 11.0 Å². The molecule has 1 aromatic heterocycles. The van der Waals surface area contributed by atoms with Gasteiger partial charge in [0.05, 0.1) is 16.0 Å². The minimum Gasteiger partial charge on any atom is -0.356 e. The first-order valence-corrected chi connectivity index (χ1v) is 6.06. The van der Waals surface area contributed by atoms with Gasteiger partial charge in [-0.25, -0.2) is 0 Å². The highest BCUT2D eigenvalue weighted by atomic mass is 16.6. The van der Waals surface area contributed by atoms with Gasteiger partial charge in [-0.15, -0.1) is 0 Å². The molecule has 2 rings (SSSR count). The molecule has 21 heavy (non-hydrogen) atoms. The minimum absolute atomic E-state index is 0.173. The summed E-state index contributed by atoms with van der Waals surface area (Å²) in [6.45, 7) is 1.61. The van der Waals surface area contributed by atoms with Crippen LogP contribution in [0.15, 0.2) is 21.7 Å². The molecule has 0 atom stereocenters. The number of carbonyl (C=O) groups is 1. The quantitative estimate of drug-likeness (QED) is 0.407. The van der Waals surface area contributed by atoms with Crippen molar-refractivity contribution in [3.63, 3.8) is 0 Å². The third-order valence-corrected chi connectivity index (χ3v) is 2.88. The second kappa shape index (κ2) is 5.57. The molecular weight excluding hydrogens is 280 g/mol. The Bertz CT molecular complexity index is 836. The number of non-ortho nitro benzene ring substituents is 1. The number of fused-ring (bicyclic) bond motifs is 1. The first kappa shape index (κ1) is 14.4. The van der Waals surface area contributed by atoms with Gasteiger partial charge in [0.2, 0.25) is 5.91 Å². The van der Waals surface area contributed by atoms with Crippen molar-refractivity contribution >= 4 is 22.6 Å². The van der Waals surface area contributed by atoms with Gasteiger partial charge >= 0.3 is 11.1 Å². The van der Waals surface area contributed by atoms with Crippen molar-refractivity contribution < 1.29 is 9.72 Å². The van der Waals surface area contributed by atoms with Crippen LogP contribution in [0.4, 0.5) is 5.69 Å². The van der Waals surface area contributed by atoms with Gasteiger partial charge in [0.25, 0.3) is 5.69 Å². The number of carbonyl (C=O) groups excluding carboxylic acids is 1. The third kappa shape index (κ3) is 3.14. The molecule has 0 saturated carbocycles. The first-order chi connectivity index (χ1) is 9.88. The summed E-state index contributed by atoms with van der Waals surface area (Å²) in [4.78, 5) is 48.5. The summed E-state index contributed by atoms with van der Waals surface area (Å²) in [6, 6.07) is 2.48. The molecule has 0 aliphatic rings. The maximum atomic E-state index is 11.4. The van der Waals surface area contributed by atoms with Gasteiger partial charge in [-0.2, -0.15) is 0 Å². The molecule has 3 N–H and O–H groups in total. The van der Waals surface area contributed by atoms with Crippen molar-refractivity contribution in [2.24, 2.45) is 0 Å². The number of hydrogen-bond acceptors (Lipinski definition) is 5. The Balaban J connectivity index is 2.56. The van der Waals surface area contributed by atoms with Crippen molar-refractivity contribution in [2.75, 3.05) is 6.54 Å². The largest absolute Gasteiger partial charge is 0.356 e. The molecule has 2 aromatic rings. The SMILES string of the molecule is CC(=O)NCCc1cc([N+](=O)[O-])cc2[nH]c(=O)c(=O)[nH]c12. The van der Waals surface area contributed by atoms with Crippen molar-refractivity contribution in [2.45, 2.75) is 13.3 Å². The molecule has 0 aliphatic heterocycles. The molecule has 110 valence electrons. The Morgan fingerprint density at radius 2 is 1.95 bits per heavy atom. The van der Waals surface area contributed by atoms with Gasteiger partial charge in [0, 0.05) is 25.6 Å². The van der Waals surface area contributed by atoms with Crippen molar-refractivity contribution in [1.29, 1.82) is 0 Å². The van der Waals surface area contributed by atoms with Gasteiger partial charge < -0.3 is 15.3 Å². The number of aromatic amines is 2. The fraction of sp³-hybridized carbons (Fsp3) is 0.250. The predicted octanol–water partition coefficient (Wildman–Crippen LogP) is -0.197. The summed E-state index contributed by atoms with van der Waals surface area (Å²) in [5, 5.41) is 13.5. The van der Waals surface area contributed by atoms with E-state index in [-0.39, 0.29) is 30.1 Å². The van der Waals surface area contributed by atoms with Crippen LogP contribution in [-0.2, 0) is 11.2 Å². The summed E-state index contributed by atoms with van der Waals surface area (Å²) in [6.07, 6.45) is 0.278. The molecule has 0 radical (unpaired) electrons. The van der Waals surface area contributed by atoms with Crippen LogP contribution in [0.5, 0.6) is 0 Å². The maximum Gasteiger partial charge on any atom is 0.314 e. The third-order valence-electron chi connectivity index (χ3n) is 2.88. The summed E-state index contributed by atoms with van der Waals surface area (Å²) in [5.74, 6) is -0.230. The standard InChI is InChI=1S/C12H12N4O5/c1-6(17)13-3-2-7-4-8(16(20)21)5-9-10(7)15-12(19)11(18)14-9/h4-5H,2-3H2,1H3,(H,13,17)(H,14,18)(H,15,19). The van der Waals surface area contributed by atoms with Crippen LogP contribution in [0, 0.1) is 10.1 Å². The zero-order chi connectivity index (χ0) is 15.6. The predicted molar refractivity (Wildman–Crippen MR) is 74.2 cm³/mol. The lowest BCUT2D eigenvalue weighted by Gasteiger charge is -2.07. The lowest BCUT2D eigenvalue weighted by Crippen LogP contribution is -2.29. The van der Waals surface area contributed by atoms with Crippen LogP contribution >= 0.6 is 0 Å². The average Bonchev–Trinajstić information content (AvgIpc) is 2.39. The summed E-state index contributed by atoms with van der Waals surface area (Å²) >= 11 is 0. The van der Waals surface area contributed by atoms with Crippen molar-refractivity contribution in [1.82, 2.24) is 15.3 Å². The van der Waals surface area contributed by atoms with E-state index in [1.807, 2.05) is 0 Å². The Labute approximate surface area is 117 Å². The Morgan fingerprint density at radius 3 is 2.57 bits per heavy atom. The fourth-order valence-corrected chi connectivity index (χ4v) is 1.96. The number of nitro groups is 1. The molecule has 0 saturated heterocycles. The van der Waals surface area contributed by atoms with Crippen LogP contribution < -0.4 is 16.4 Å². The van der Waals surface area contributed by atoms with Crippen molar-refractivity contribution in [3.05, 3.63) is 48.5 Å². The number of nitro benzene ring substituents is 1. The molecule has 0 fully saturated rings.